The maximum absolute atomic E-state index is 2.18. The molecule has 0 spiro atoms. The molecule has 0 amide bonds. The van der Waals surface area contributed by atoms with Crippen LogP contribution in [-0.4, -0.2) is 32.2 Å². The first-order chi connectivity index (χ1) is 7.95. The van der Waals surface area contributed by atoms with E-state index in [1.54, 1.807) is 0 Å². The molecule has 2 fully saturated rings. The summed E-state index contributed by atoms with van der Waals surface area (Å²) in [5.41, 5.74) is 0. The molecule has 16 heavy (non-hydrogen) atoms. The van der Waals surface area contributed by atoms with Crippen molar-refractivity contribution in [2.75, 3.05) is 23.0 Å². The maximum atomic E-state index is 2.18. The highest BCUT2D eigenvalue weighted by Gasteiger charge is 2.16. The molecular formula is C12H22S4. The Bertz CT molecular complexity index is 154. The van der Waals surface area contributed by atoms with E-state index < -0.39 is 0 Å². The largest absolute Gasteiger partial charge is 0.147 e. The van der Waals surface area contributed by atoms with Crippen LogP contribution in [0.3, 0.4) is 0 Å². The number of unbranched alkanes of at least 4 members (excludes halogenated alkanes) is 3. The van der Waals surface area contributed by atoms with Crippen LogP contribution in [0.5, 0.6) is 0 Å². The second-order valence-corrected chi connectivity index (χ2v) is 10.2. The van der Waals surface area contributed by atoms with Crippen molar-refractivity contribution in [1.82, 2.24) is 0 Å². The minimum atomic E-state index is 0.945. The molecule has 0 aromatic carbocycles. The van der Waals surface area contributed by atoms with Gasteiger partial charge in [0.05, 0.1) is 9.16 Å². The van der Waals surface area contributed by atoms with Crippen LogP contribution in [-0.2, 0) is 0 Å². The minimum Gasteiger partial charge on any atom is -0.147 e. The molecule has 2 rings (SSSR count). The van der Waals surface area contributed by atoms with Crippen molar-refractivity contribution >= 4 is 47.0 Å². The monoisotopic (exact) mass is 294 g/mol. The minimum absolute atomic E-state index is 0.945. The van der Waals surface area contributed by atoms with E-state index in [0.717, 1.165) is 9.16 Å². The van der Waals surface area contributed by atoms with E-state index >= 15 is 0 Å². The third-order valence-electron chi connectivity index (χ3n) is 3.01. The van der Waals surface area contributed by atoms with Gasteiger partial charge in [-0.05, 0) is 12.8 Å². The molecule has 0 aliphatic carbocycles. The molecule has 4 heteroatoms. The van der Waals surface area contributed by atoms with E-state index in [1.807, 2.05) is 0 Å². The summed E-state index contributed by atoms with van der Waals surface area (Å²) in [7, 11) is 0. The molecule has 0 aromatic heterocycles. The molecule has 0 nitrogen and oxygen atoms in total. The molecule has 0 unspecified atom stereocenters. The van der Waals surface area contributed by atoms with Crippen molar-refractivity contribution in [3.8, 4) is 0 Å². The van der Waals surface area contributed by atoms with Gasteiger partial charge in [-0.1, -0.05) is 25.7 Å². The van der Waals surface area contributed by atoms with Crippen LogP contribution in [0.4, 0.5) is 0 Å². The van der Waals surface area contributed by atoms with Crippen molar-refractivity contribution in [3.05, 3.63) is 0 Å². The van der Waals surface area contributed by atoms with Gasteiger partial charge in [0.1, 0.15) is 0 Å². The standard InChI is InChI=1S/C12H22S4/c1(3-5-11-13-7-8-14-11)2-4-6-12-15-9-10-16-12/h11-12H,1-10H2. The molecule has 94 valence electrons. The Morgan fingerprint density at radius 2 is 0.938 bits per heavy atom. The molecule has 0 saturated carbocycles. The van der Waals surface area contributed by atoms with Crippen LogP contribution in [0.2, 0.25) is 0 Å². The Morgan fingerprint density at radius 3 is 1.31 bits per heavy atom. The SMILES string of the molecule is C(CCCC1SCCS1)CCC1SCCS1. The van der Waals surface area contributed by atoms with Crippen molar-refractivity contribution < 1.29 is 0 Å². The molecule has 0 N–H and O–H groups in total. The van der Waals surface area contributed by atoms with Gasteiger partial charge in [0.25, 0.3) is 0 Å². The highest BCUT2D eigenvalue weighted by molar-refractivity contribution is 8.20. The third-order valence-corrected chi connectivity index (χ3v) is 9.35. The van der Waals surface area contributed by atoms with Crippen LogP contribution in [0.25, 0.3) is 0 Å². The summed E-state index contributed by atoms with van der Waals surface area (Å²) in [6, 6.07) is 0. The normalized spacial score (nSPS) is 23.2. The van der Waals surface area contributed by atoms with E-state index in [2.05, 4.69) is 47.0 Å². The summed E-state index contributed by atoms with van der Waals surface area (Å²) in [5.74, 6) is 5.58. The van der Waals surface area contributed by atoms with Gasteiger partial charge in [-0.25, -0.2) is 0 Å². The second kappa shape index (κ2) is 8.49. The first-order valence-electron chi connectivity index (χ1n) is 6.41. The van der Waals surface area contributed by atoms with Crippen molar-refractivity contribution in [3.63, 3.8) is 0 Å². The van der Waals surface area contributed by atoms with Crippen LogP contribution in [0.15, 0.2) is 0 Å². The van der Waals surface area contributed by atoms with Gasteiger partial charge in [0, 0.05) is 23.0 Å². The average molecular weight is 295 g/mol. The van der Waals surface area contributed by atoms with Crippen LogP contribution >= 0.6 is 47.0 Å². The second-order valence-electron chi connectivity index (χ2n) is 4.33. The van der Waals surface area contributed by atoms with Gasteiger partial charge in [-0.2, -0.15) is 0 Å². The van der Waals surface area contributed by atoms with Gasteiger partial charge in [-0.15, -0.1) is 47.0 Å². The summed E-state index contributed by atoms with van der Waals surface area (Å²) in [6.45, 7) is 0. The number of thioether (sulfide) groups is 4. The Morgan fingerprint density at radius 1 is 0.562 bits per heavy atom. The summed E-state index contributed by atoms with van der Waals surface area (Å²) < 4.78 is 1.89. The van der Waals surface area contributed by atoms with E-state index in [4.69, 9.17) is 0 Å². The van der Waals surface area contributed by atoms with Crippen LogP contribution in [0.1, 0.15) is 38.5 Å². The summed E-state index contributed by atoms with van der Waals surface area (Å²) >= 11 is 8.73. The highest BCUT2D eigenvalue weighted by Crippen LogP contribution is 2.36. The lowest BCUT2D eigenvalue weighted by Gasteiger charge is -2.08. The molecule has 0 aromatic rings. The number of hydrogen-bond acceptors (Lipinski definition) is 4. The zero-order chi connectivity index (χ0) is 11.1. The lowest BCUT2D eigenvalue weighted by atomic mass is 10.1. The average Bonchev–Trinajstić information content (AvgIpc) is 2.96. The van der Waals surface area contributed by atoms with Crippen molar-refractivity contribution in [2.45, 2.75) is 47.7 Å². The summed E-state index contributed by atoms with van der Waals surface area (Å²) in [4.78, 5) is 0. The highest BCUT2D eigenvalue weighted by atomic mass is 32.2. The molecule has 0 bridgehead atoms. The maximum Gasteiger partial charge on any atom is 0.0503 e. The van der Waals surface area contributed by atoms with E-state index in [9.17, 15) is 0 Å². The molecule has 2 aliphatic heterocycles. The third kappa shape index (κ3) is 5.36. The molecule has 2 heterocycles. The van der Waals surface area contributed by atoms with Gasteiger partial charge in [0.2, 0.25) is 0 Å². The quantitative estimate of drug-likeness (QED) is 0.610. The van der Waals surface area contributed by atoms with Crippen molar-refractivity contribution in [2.24, 2.45) is 0 Å². The summed E-state index contributed by atoms with van der Waals surface area (Å²) in [6.07, 6.45) is 8.80. The fraction of sp³-hybridized carbons (Fsp3) is 1.00. The predicted molar refractivity (Wildman–Crippen MR) is 85.1 cm³/mol. The Labute approximate surface area is 117 Å². The van der Waals surface area contributed by atoms with E-state index in [0.29, 0.717) is 0 Å². The van der Waals surface area contributed by atoms with Gasteiger partial charge in [-0.3, -0.25) is 0 Å². The first-order valence-corrected chi connectivity index (χ1v) is 10.6. The zero-order valence-electron chi connectivity index (χ0n) is 9.86. The molecule has 2 saturated heterocycles. The lowest BCUT2D eigenvalue weighted by Crippen LogP contribution is -1.93. The number of rotatable bonds is 7. The predicted octanol–water partition coefficient (Wildman–Crippen LogP) is 4.94. The topological polar surface area (TPSA) is 0 Å². The zero-order valence-corrected chi connectivity index (χ0v) is 13.1. The number of hydrogen-bond donors (Lipinski definition) is 0. The lowest BCUT2D eigenvalue weighted by molar-refractivity contribution is 0.621. The molecule has 0 radical (unpaired) electrons. The van der Waals surface area contributed by atoms with Crippen LogP contribution in [0, 0.1) is 0 Å². The fourth-order valence-corrected chi connectivity index (χ4v) is 7.97. The molecule has 2 aliphatic rings. The Hall–Kier alpha value is 1.40. The van der Waals surface area contributed by atoms with Gasteiger partial charge in [0.15, 0.2) is 0 Å². The fourth-order valence-electron chi connectivity index (χ4n) is 2.12. The first kappa shape index (κ1) is 13.8. The Balaban J connectivity index is 1.37. The van der Waals surface area contributed by atoms with Gasteiger partial charge < -0.3 is 0 Å². The van der Waals surface area contributed by atoms with Crippen molar-refractivity contribution in [1.29, 1.82) is 0 Å². The van der Waals surface area contributed by atoms with Crippen LogP contribution < -0.4 is 0 Å². The molecule has 0 atom stereocenters. The summed E-state index contributed by atoms with van der Waals surface area (Å²) in [5, 5.41) is 0. The van der Waals surface area contributed by atoms with Gasteiger partial charge >= 0.3 is 0 Å². The smallest absolute Gasteiger partial charge is 0.0503 e. The molecular weight excluding hydrogens is 272 g/mol. The Kier molecular flexibility index (Phi) is 7.34. The van der Waals surface area contributed by atoms with E-state index in [1.165, 1.54) is 61.5 Å². The van der Waals surface area contributed by atoms with E-state index in [-0.39, 0.29) is 0 Å².